The summed E-state index contributed by atoms with van der Waals surface area (Å²) in [4.78, 5) is 33.7. The molecule has 0 radical (unpaired) electrons. The Morgan fingerprint density at radius 3 is 2.16 bits per heavy atom. The quantitative estimate of drug-likeness (QED) is 0.389. The molecule has 6 nitrogen and oxygen atoms in total. The Balaban J connectivity index is 2.59. The third kappa shape index (κ3) is 9.10. The summed E-state index contributed by atoms with van der Waals surface area (Å²) in [5.41, 5.74) is 1.85. The van der Waals surface area contributed by atoms with Crippen LogP contribution >= 0.6 is 0 Å². The standard InChI is InChI=1S/C19H22O6/c1-14(11-23-15(2)20)18(13-24-16(3)21)9-10-19(22)25-12-17-7-5-4-6-8-17/h4-9H,1,10-13H2,2-3H3/b18-9+. The second-order valence-electron chi connectivity index (χ2n) is 5.24. The summed E-state index contributed by atoms with van der Waals surface area (Å²) < 4.78 is 15.0. The average Bonchev–Trinajstić information content (AvgIpc) is 2.58. The van der Waals surface area contributed by atoms with Crippen molar-refractivity contribution in [2.24, 2.45) is 0 Å². The third-order valence-corrected chi connectivity index (χ3v) is 3.09. The fraction of sp³-hybridized carbons (Fsp3) is 0.316. The summed E-state index contributed by atoms with van der Waals surface area (Å²) in [7, 11) is 0. The molecule has 0 aliphatic rings. The van der Waals surface area contributed by atoms with Crippen molar-refractivity contribution >= 4 is 17.9 Å². The molecule has 1 aromatic rings. The van der Waals surface area contributed by atoms with Crippen molar-refractivity contribution in [3.8, 4) is 0 Å². The molecule has 0 aromatic heterocycles. The van der Waals surface area contributed by atoms with Crippen molar-refractivity contribution < 1.29 is 28.6 Å². The van der Waals surface area contributed by atoms with Gasteiger partial charge in [-0.1, -0.05) is 43.0 Å². The van der Waals surface area contributed by atoms with Gasteiger partial charge in [-0.05, 0) is 16.7 Å². The molecule has 0 spiro atoms. The van der Waals surface area contributed by atoms with Crippen molar-refractivity contribution in [1.29, 1.82) is 0 Å². The molecule has 0 fully saturated rings. The molecule has 0 aliphatic heterocycles. The minimum atomic E-state index is -0.460. The van der Waals surface area contributed by atoms with Crippen LogP contribution in [0.15, 0.2) is 54.1 Å². The smallest absolute Gasteiger partial charge is 0.309 e. The molecule has 25 heavy (non-hydrogen) atoms. The molecule has 0 saturated heterocycles. The van der Waals surface area contributed by atoms with Crippen LogP contribution in [0.3, 0.4) is 0 Å². The van der Waals surface area contributed by atoms with Crippen LogP contribution in [0.5, 0.6) is 0 Å². The predicted octanol–water partition coefficient (Wildman–Crippen LogP) is 2.73. The SMILES string of the molecule is C=C(COC(C)=O)/C(=C/CC(=O)OCc1ccccc1)COC(C)=O. The van der Waals surface area contributed by atoms with E-state index >= 15 is 0 Å². The van der Waals surface area contributed by atoms with E-state index in [2.05, 4.69) is 6.58 Å². The first-order valence-corrected chi connectivity index (χ1v) is 7.72. The summed E-state index contributed by atoms with van der Waals surface area (Å²) in [6.45, 7) is 6.43. The number of esters is 3. The Labute approximate surface area is 147 Å². The van der Waals surface area contributed by atoms with Crippen LogP contribution in [0.1, 0.15) is 25.8 Å². The van der Waals surface area contributed by atoms with Gasteiger partial charge < -0.3 is 14.2 Å². The largest absolute Gasteiger partial charge is 0.461 e. The van der Waals surface area contributed by atoms with E-state index in [1.807, 2.05) is 30.3 Å². The molecule has 0 saturated carbocycles. The number of hydrogen-bond donors (Lipinski definition) is 0. The van der Waals surface area contributed by atoms with Crippen molar-refractivity contribution in [1.82, 2.24) is 0 Å². The molecule has 134 valence electrons. The maximum absolute atomic E-state index is 11.9. The summed E-state index contributed by atoms with van der Waals surface area (Å²) in [6, 6.07) is 9.31. The monoisotopic (exact) mass is 346 g/mol. The van der Waals surface area contributed by atoms with Crippen LogP contribution in [-0.2, 0) is 35.2 Å². The van der Waals surface area contributed by atoms with Gasteiger partial charge in [-0.25, -0.2) is 0 Å². The Bertz CT molecular complexity index is 645. The van der Waals surface area contributed by atoms with Crippen LogP contribution in [0.4, 0.5) is 0 Å². The number of rotatable bonds is 9. The van der Waals surface area contributed by atoms with Crippen molar-refractivity contribution in [2.75, 3.05) is 13.2 Å². The first kappa shape index (κ1) is 20.2. The predicted molar refractivity (Wildman–Crippen MR) is 91.3 cm³/mol. The normalized spacial score (nSPS) is 10.7. The number of hydrogen-bond acceptors (Lipinski definition) is 6. The maximum Gasteiger partial charge on any atom is 0.309 e. The summed E-state index contributed by atoms with van der Waals surface area (Å²) in [5, 5.41) is 0. The van der Waals surface area contributed by atoms with Crippen molar-refractivity contribution in [3.05, 3.63) is 59.7 Å². The molecule has 0 N–H and O–H groups in total. The van der Waals surface area contributed by atoms with Gasteiger partial charge in [-0.2, -0.15) is 0 Å². The van der Waals surface area contributed by atoms with E-state index in [1.54, 1.807) is 6.08 Å². The Morgan fingerprint density at radius 1 is 0.960 bits per heavy atom. The Morgan fingerprint density at radius 2 is 1.56 bits per heavy atom. The Hall–Kier alpha value is -2.89. The van der Waals surface area contributed by atoms with Gasteiger partial charge in [0, 0.05) is 13.8 Å². The molecule has 0 unspecified atom stereocenters. The van der Waals surface area contributed by atoms with Gasteiger partial charge in [0.15, 0.2) is 0 Å². The zero-order chi connectivity index (χ0) is 18.7. The van der Waals surface area contributed by atoms with Crippen LogP contribution in [0.25, 0.3) is 0 Å². The fourth-order valence-corrected chi connectivity index (χ4v) is 1.77. The molecular formula is C19H22O6. The van der Waals surface area contributed by atoms with E-state index in [9.17, 15) is 14.4 Å². The molecule has 0 heterocycles. The Kier molecular flexibility index (Phi) is 8.71. The van der Waals surface area contributed by atoms with Gasteiger partial charge in [0.05, 0.1) is 6.42 Å². The van der Waals surface area contributed by atoms with Crippen molar-refractivity contribution in [3.63, 3.8) is 0 Å². The van der Waals surface area contributed by atoms with Crippen LogP contribution in [0.2, 0.25) is 0 Å². The summed E-state index contributed by atoms with van der Waals surface area (Å²) in [5.74, 6) is -1.34. The first-order chi connectivity index (χ1) is 11.9. The lowest BCUT2D eigenvalue weighted by Gasteiger charge is -2.11. The highest BCUT2D eigenvalue weighted by molar-refractivity contribution is 5.72. The van der Waals surface area contributed by atoms with Crippen molar-refractivity contribution in [2.45, 2.75) is 26.9 Å². The van der Waals surface area contributed by atoms with E-state index in [4.69, 9.17) is 14.2 Å². The van der Waals surface area contributed by atoms with Gasteiger partial charge >= 0.3 is 17.9 Å². The maximum atomic E-state index is 11.9. The van der Waals surface area contributed by atoms with Gasteiger partial charge in [-0.15, -0.1) is 0 Å². The molecule has 1 aromatic carbocycles. The van der Waals surface area contributed by atoms with E-state index in [0.717, 1.165) is 5.56 Å². The minimum Gasteiger partial charge on any atom is -0.461 e. The minimum absolute atomic E-state index is 0.0114. The highest BCUT2D eigenvalue weighted by Gasteiger charge is 2.09. The van der Waals surface area contributed by atoms with Gasteiger partial charge in [0.1, 0.15) is 19.8 Å². The average molecular weight is 346 g/mol. The van der Waals surface area contributed by atoms with Crippen LogP contribution in [0, 0.1) is 0 Å². The lowest BCUT2D eigenvalue weighted by atomic mass is 10.1. The molecule has 6 heteroatoms. The lowest BCUT2D eigenvalue weighted by Crippen LogP contribution is -2.11. The molecule has 1 rings (SSSR count). The number of carbonyl (C=O) groups is 3. The van der Waals surface area contributed by atoms with E-state index < -0.39 is 17.9 Å². The lowest BCUT2D eigenvalue weighted by molar-refractivity contribution is -0.144. The topological polar surface area (TPSA) is 78.9 Å². The third-order valence-electron chi connectivity index (χ3n) is 3.09. The van der Waals surface area contributed by atoms with E-state index in [1.165, 1.54) is 13.8 Å². The van der Waals surface area contributed by atoms with Gasteiger partial charge in [0.2, 0.25) is 0 Å². The highest BCUT2D eigenvalue weighted by atomic mass is 16.5. The van der Waals surface area contributed by atoms with Gasteiger partial charge in [-0.3, -0.25) is 14.4 Å². The van der Waals surface area contributed by atoms with Crippen LogP contribution in [-0.4, -0.2) is 31.1 Å². The molecule has 0 aliphatic carbocycles. The molecular weight excluding hydrogens is 324 g/mol. The van der Waals surface area contributed by atoms with Gasteiger partial charge in [0.25, 0.3) is 0 Å². The zero-order valence-electron chi connectivity index (χ0n) is 14.4. The second kappa shape index (κ2) is 10.8. The fourth-order valence-electron chi connectivity index (χ4n) is 1.77. The summed E-state index contributed by atoms with van der Waals surface area (Å²) in [6.07, 6.45) is 1.55. The molecule has 0 bridgehead atoms. The zero-order valence-corrected chi connectivity index (χ0v) is 14.4. The number of benzene rings is 1. The molecule has 0 atom stereocenters. The first-order valence-electron chi connectivity index (χ1n) is 7.72. The van der Waals surface area contributed by atoms with Crippen LogP contribution < -0.4 is 0 Å². The number of ether oxygens (including phenoxy) is 3. The molecule has 0 amide bonds. The second-order valence-corrected chi connectivity index (χ2v) is 5.24. The number of carbonyl (C=O) groups excluding carboxylic acids is 3. The highest BCUT2D eigenvalue weighted by Crippen LogP contribution is 2.12. The van der Waals surface area contributed by atoms with E-state index in [-0.39, 0.29) is 26.2 Å². The summed E-state index contributed by atoms with van der Waals surface area (Å²) >= 11 is 0. The van der Waals surface area contributed by atoms with E-state index in [0.29, 0.717) is 11.1 Å².